The molecule has 1 saturated heterocycles. The maximum Gasteiger partial charge on any atom is 0.242 e. The van der Waals surface area contributed by atoms with Crippen molar-refractivity contribution in [1.82, 2.24) is 9.80 Å². The van der Waals surface area contributed by atoms with E-state index in [1.165, 1.54) is 6.92 Å². The Morgan fingerprint density at radius 1 is 1.10 bits per heavy atom. The molecular formula is C16H23N3O2. The largest absolute Gasteiger partial charge is 0.339 e. The number of amides is 2. The summed E-state index contributed by atoms with van der Waals surface area (Å²) in [4.78, 5) is 29.8. The molecule has 1 aliphatic heterocycles. The molecule has 0 aromatic heterocycles. The standard InChI is InChI=1S/C16H23N3O2/c1-13-4-6-15(7-5-13)19(14(2)20)12-16(21)18-10-8-17(3)9-11-18/h4-7H,8-12H2,1-3H3. The number of hydrogen-bond donors (Lipinski definition) is 0. The number of nitrogens with zero attached hydrogens (tertiary/aromatic N) is 3. The Kier molecular flexibility index (Phi) is 4.96. The first-order valence-electron chi connectivity index (χ1n) is 7.28. The van der Waals surface area contributed by atoms with E-state index in [-0.39, 0.29) is 18.4 Å². The molecule has 0 N–H and O–H groups in total. The first-order chi connectivity index (χ1) is 9.97. The van der Waals surface area contributed by atoms with Crippen molar-refractivity contribution in [2.75, 3.05) is 44.7 Å². The molecule has 5 nitrogen and oxygen atoms in total. The Morgan fingerprint density at radius 3 is 2.19 bits per heavy atom. The summed E-state index contributed by atoms with van der Waals surface area (Å²) in [5.74, 6) is -0.0970. The van der Waals surface area contributed by atoms with Crippen LogP contribution in [0, 0.1) is 6.92 Å². The van der Waals surface area contributed by atoms with Gasteiger partial charge in [-0.25, -0.2) is 0 Å². The van der Waals surface area contributed by atoms with Gasteiger partial charge in [-0.1, -0.05) is 17.7 Å². The number of likely N-dealkylation sites (N-methyl/N-ethyl adjacent to an activating group) is 1. The molecule has 0 bridgehead atoms. The molecule has 2 amide bonds. The zero-order valence-electron chi connectivity index (χ0n) is 13.0. The van der Waals surface area contributed by atoms with Crippen molar-refractivity contribution in [1.29, 1.82) is 0 Å². The number of carbonyl (C=O) groups is 2. The molecule has 0 saturated carbocycles. The molecule has 1 aromatic rings. The summed E-state index contributed by atoms with van der Waals surface area (Å²) >= 11 is 0. The topological polar surface area (TPSA) is 43.9 Å². The normalized spacial score (nSPS) is 15.9. The Bertz CT molecular complexity index is 505. The summed E-state index contributed by atoms with van der Waals surface area (Å²) in [5.41, 5.74) is 1.91. The Hall–Kier alpha value is -1.88. The van der Waals surface area contributed by atoms with E-state index in [0.29, 0.717) is 0 Å². The Balaban J connectivity index is 2.04. The predicted octanol–water partition coefficient (Wildman–Crippen LogP) is 1.12. The lowest BCUT2D eigenvalue weighted by Crippen LogP contribution is -2.50. The third-order valence-electron chi connectivity index (χ3n) is 3.88. The molecule has 1 aliphatic rings. The molecule has 1 fully saturated rings. The van der Waals surface area contributed by atoms with Gasteiger partial charge in [-0.05, 0) is 26.1 Å². The van der Waals surface area contributed by atoms with E-state index in [1.807, 2.05) is 36.1 Å². The zero-order chi connectivity index (χ0) is 15.4. The van der Waals surface area contributed by atoms with E-state index in [4.69, 9.17) is 0 Å². The lowest BCUT2D eigenvalue weighted by molar-refractivity contribution is -0.132. The van der Waals surface area contributed by atoms with Crippen molar-refractivity contribution in [2.45, 2.75) is 13.8 Å². The first-order valence-corrected chi connectivity index (χ1v) is 7.28. The number of hydrogen-bond acceptors (Lipinski definition) is 3. The third-order valence-corrected chi connectivity index (χ3v) is 3.88. The van der Waals surface area contributed by atoms with Gasteiger partial charge in [-0.15, -0.1) is 0 Å². The second-order valence-corrected chi connectivity index (χ2v) is 5.62. The van der Waals surface area contributed by atoms with Gasteiger partial charge in [0.15, 0.2) is 0 Å². The van der Waals surface area contributed by atoms with Gasteiger partial charge in [0.25, 0.3) is 0 Å². The van der Waals surface area contributed by atoms with Crippen molar-refractivity contribution < 1.29 is 9.59 Å². The SMILES string of the molecule is CC(=O)N(CC(=O)N1CCN(C)CC1)c1ccc(C)cc1. The molecule has 0 atom stereocenters. The quantitative estimate of drug-likeness (QED) is 0.837. The predicted molar refractivity (Wildman–Crippen MR) is 83.3 cm³/mol. The van der Waals surface area contributed by atoms with Crippen LogP contribution in [0.5, 0.6) is 0 Å². The molecule has 0 radical (unpaired) electrons. The van der Waals surface area contributed by atoms with Crippen molar-refractivity contribution in [3.8, 4) is 0 Å². The zero-order valence-corrected chi connectivity index (χ0v) is 13.0. The maximum atomic E-state index is 12.4. The smallest absolute Gasteiger partial charge is 0.242 e. The van der Waals surface area contributed by atoms with Gasteiger partial charge in [0.2, 0.25) is 11.8 Å². The number of piperazine rings is 1. The second kappa shape index (κ2) is 6.72. The van der Waals surface area contributed by atoms with Gasteiger partial charge in [0, 0.05) is 38.8 Å². The fraction of sp³-hybridized carbons (Fsp3) is 0.500. The van der Waals surface area contributed by atoms with Crippen LogP contribution in [0.15, 0.2) is 24.3 Å². The van der Waals surface area contributed by atoms with Gasteiger partial charge >= 0.3 is 0 Å². The highest BCUT2D eigenvalue weighted by atomic mass is 16.2. The minimum absolute atomic E-state index is 0.0128. The molecule has 1 heterocycles. The van der Waals surface area contributed by atoms with Crippen LogP contribution in [0.25, 0.3) is 0 Å². The molecular weight excluding hydrogens is 266 g/mol. The van der Waals surface area contributed by atoms with Crippen LogP contribution < -0.4 is 4.90 Å². The Morgan fingerprint density at radius 2 is 1.67 bits per heavy atom. The van der Waals surface area contributed by atoms with E-state index >= 15 is 0 Å². The van der Waals surface area contributed by atoms with Crippen molar-refractivity contribution in [3.63, 3.8) is 0 Å². The number of benzene rings is 1. The van der Waals surface area contributed by atoms with E-state index in [2.05, 4.69) is 11.9 Å². The highest BCUT2D eigenvalue weighted by Gasteiger charge is 2.23. The van der Waals surface area contributed by atoms with Crippen molar-refractivity contribution >= 4 is 17.5 Å². The summed E-state index contributed by atoms with van der Waals surface area (Å²) in [6.07, 6.45) is 0. The van der Waals surface area contributed by atoms with Crippen LogP contribution in [0.2, 0.25) is 0 Å². The highest BCUT2D eigenvalue weighted by molar-refractivity contribution is 5.97. The molecule has 5 heteroatoms. The van der Waals surface area contributed by atoms with Crippen LogP contribution in [-0.2, 0) is 9.59 Å². The second-order valence-electron chi connectivity index (χ2n) is 5.62. The minimum Gasteiger partial charge on any atom is -0.339 e. The lowest BCUT2D eigenvalue weighted by atomic mass is 10.2. The van der Waals surface area contributed by atoms with Crippen molar-refractivity contribution in [2.24, 2.45) is 0 Å². The van der Waals surface area contributed by atoms with Gasteiger partial charge in [-0.2, -0.15) is 0 Å². The minimum atomic E-state index is -0.110. The van der Waals surface area contributed by atoms with Gasteiger partial charge in [0.1, 0.15) is 6.54 Å². The van der Waals surface area contributed by atoms with Crippen LogP contribution in [0.1, 0.15) is 12.5 Å². The van der Waals surface area contributed by atoms with E-state index < -0.39 is 0 Å². The summed E-state index contributed by atoms with van der Waals surface area (Å²) in [5, 5.41) is 0. The van der Waals surface area contributed by atoms with Gasteiger partial charge in [0.05, 0.1) is 0 Å². The molecule has 21 heavy (non-hydrogen) atoms. The summed E-state index contributed by atoms with van der Waals surface area (Å²) in [6.45, 7) is 6.84. The van der Waals surface area contributed by atoms with Crippen LogP contribution in [0.3, 0.4) is 0 Å². The fourth-order valence-electron chi connectivity index (χ4n) is 2.40. The average Bonchev–Trinajstić information content (AvgIpc) is 2.46. The molecule has 114 valence electrons. The maximum absolute atomic E-state index is 12.4. The average molecular weight is 289 g/mol. The van der Waals surface area contributed by atoms with Crippen LogP contribution in [-0.4, -0.2) is 61.4 Å². The van der Waals surface area contributed by atoms with Crippen molar-refractivity contribution in [3.05, 3.63) is 29.8 Å². The van der Waals surface area contributed by atoms with E-state index in [9.17, 15) is 9.59 Å². The lowest BCUT2D eigenvalue weighted by Gasteiger charge is -2.33. The van der Waals surface area contributed by atoms with Gasteiger partial charge < -0.3 is 14.7 Å². The van der Waals surface area contributed by atoms with Crippen LogP contribution in [0.4, 0.5) is 5.69 Å². The number of carbonyl (C=O) groups excluding carboxylic acids is 2. The van der Waals surface area contributed by atoms with Crippen LogP contribution >= 0.6 is 0 Å². The Labute approximate surface area is 126 Å². The van der Waals surface area contributed by atoms with E-state index in [1.54, 1.807) is 4.90 Å². The molecule has 2 rings (SSSR count). The third kappa shape index (κ3) is 4.04. The summed E-state index contributed by atoms with van der Waals surface area (Å²) < 4.78 is 0. The molecule has 0 spiro atoms. The number of rotatable bonds is 3. The molecule has 1 aromatic carbocycles. The number of aryl methyl sites for hydroxylation is 1. The van der Waals surface area contributed by atoms with E-state index in [0.717, 1.165) is 37.4 Å². The number of anilines is 1. The molecule has 0 aliphatic carbocycles. The molecule has 0 unspecified atom stereocenters. The fourth-order valence-corrected chi connectivity index (χ4v) is 2.40. The monoisotopic (exact) mass is 289 g/mol. The first kappa shape index (κ1) is 15.5. The summed E-state index contributed by atoms with van der Waals surface area (Å²) in [6, 6.07) is 7.67. The highest BCUT2D eigenvalue weighted by Crippen LogP contribution is 2.16. The van der Waals surface area contributed by atoms with Gasteiger partial charge in [-0.3, -0.25) is 9.59 Å². The summed E-state index contributed by atoms with van der Waals surface area (Å²) in [7, 11) is 2.05.